The molecule has 0 saturated carbocycles. The second kappa shape index (κ2) is 8.40. The molecule has 1 fully saturated rings. The summed E-state index contributed by atoms with van der Waals surface area (Å²) >= 11 is 0. The molecule has 2 atom stereocenters. The van der Waals surface area contributed by atoms with Crippen molar-refractivity contribution < 1.29 is 4.74 Å². The van der Waals surface area contributed by atoms with Crippen LogP contribution in [0.2, 0.25) is 0 Å². The molecule has 2 unspecified atom stereocenters. The molecule has 0 radical (unpaired) electrons. The van der Waals surface area contributed by atoms with Crippen LogP contribution in [0.5, 0.6) is 5.75 Å². The zero-order valence-corrected chi connectivity index (χ0v) is 13.8. The predicted molar refractivity (Wildman–Crippen MR) is 89.0 cm³/mol. The van der Waals surface area contributed by atoms with Crippen LogP contribution >= 0.6 is 0 Å². The first-order chi connectivity index (χ1) is 10.2. The molecular formula is C18H30N2O. The van der Waals surface area contributed by atoms with E-state index in [0.29, 0.717) is 6.04 Å². The lowest BCUT2D eigenvalue weighted by molar-refractivity contribution is 0.223. The summed E-state index contributed by atoms with van der Waals surface area (Å²) in [6.07, 6.45) is 5.08. The highest BCUT2D eigenvalue weighted by Crippen LogP contribution is 2.21. The standard InChI is InChI=1S/C18H30N2O/c1-15(13-17-8-4-5-9-18(17)21-3)20(2)12-10-16-7-6-11-19-14-16/h4-5,8-9,15-16,19H,6-7,10-14H2,1-3H3. The van der Waals surface area contributed by atoms with Gasteiger partial charge in [-0.2, -0.15) is 0 Å². The summed E-state index contributed by atoms with van der Waals surface area (Å²) in [5, 5.41) is 3.51. The number of piperidine rings is 1. The van der Waals surface area contributed by atoms with Crippen LogP contribution in [-0.2, 0) is 6.42 Å². The summed E-state index contributed by atoms with van der Waals surface area (Å²) in [6.45, 7) is 5.90. The van der Waals surface area contributed by atoms with Gasteiger partial charge in [0.1, 0.15) is 5.75 Å². The molecule has 0 bridgehead atoms. The topological polar surface area (TPSA) is 24.5 Å². The monoisotopic (exact) mass is 290 g/mol. The molecule has 0 aromatic heterocycles. The van der Waals surface area contributed by atoms with Crippen molar-refractivity contribution in [1.29, 1.82) is 0 Å². The van der Waals surface area contributed by atoms with Gasteiger partial charge in [0.05, 0.1) is 7.11 Å². The predicted octanol–water partition coefficient (Wildman–Crippen LogP) is 2.95. The van der Waals surface area contributed by atoms with Gasteiger partial charge in [0.25, 0.3) is 0 Å². The van der Waals surface area contributed by atoms with E-state index in [9.17, 15) is 0 Å². The first kappa shape index (κ1) is 16.3. The van der Waals surface area contributed by atoms with E-state index in [1.54, 1.807) is 7.11 Å². The third kappa shape index (κ3) is 5.01. The number of methoxy groups -OCH3 is 1. The molecule has 1 N–H and O–H groups in total. The Labute approximate surface area is 129 Å². The van der Waals surface area contributed by atoms with E-state index in [-0.39, 0.29) is 0 Å². The molecule has 1 saturated heterocycles. The van der Waals surface area contributed by atoms with Gasteiger partial charge in [0.2, 0.25) is 0 Å². The molecular weight excluding hydrogens is 260 g/mol. The molecule has 3 nitrogen and oxygen atoms in total. The van der Waals surface area contributed by atoms with Crippen molar-refractivity contribution in [2.75, 3.05) is 33.8 Å². The maximum Gasteiger partial charge on any atom is 0.122 e. The molecule has 0 spiro atoms. The van der Waals surface area contributed by atoms with Crippen LogP contribution in [0.1, 0.15) is 31.7 Å². The number of rotatable bonds is 7. The maximum atomic E-state index is 5.45. The molecule has 0 aliphatic carbocycles. The van der Waals surface area contributed by atoms with Crippen LogP contribution < -0.4 is 10.1 Å². The van der Waals surface area contributed by atoms with Crippen molar-refractivity contribution in [2.24, 2.45) is 5.92 Å². The van der Waals surface area contributed by atoms with Gasteiger partial charge in [-0.1, -0.05) is 18.2 Å². The van der Waals surface area contributed by atoms with Gasteiger partial charge >= 0.3 is 0 Å². The largest absolute Gasteiger partial charge is 0.496 e. The fraction of sp³-hybridized carbons (Fsp3) is 0.667. The number of nitrogens with one attached hydrogen (secondary N) is 1. The minimum atomic E-state index is 0.540. The van der Waals surface area contributed by atoms with Gasteiger partial charge < -0.3 is 15.0 Å². The van der Waals surface area contributed by atoms with Crippen LogP contribution in [0.15, 0.2) is 24.3 Å². The van der Waals surface area contributed by atoms with Crippen LogP contribution in [-0.4, -0.2) is 44.7 Å². The van der Waals surface area contributed by atoms with Crippen molar-refractivity contribution in [3.05, 3.63) is 29.8 Å². The van der Waals surface area contributed by atoms with E-state index < -0.39 is 0 Å². The van der Waals surface area contributed by atoms with Crippen molar-refractivity contribution in [2.45, 2.75) is 38.6 Å². The summed E-state index contributed by atoms with van der Waals surface area (Å²) in [7, 11) is 4.00. The number of hydrogen-bond acceptors (Lipinski definition) is 3. The van der Waals surface area contributed by atoms with Crippen molar-refractivity contribution in [3.8, 4) is 5.75 Å². The van der Waals surface area contributed by atoms with Crippen molar-refractivity contribution in [3.63, 3.8) is 0 Å². The van der Waals surface area contributed by atoms with Crippen molar-refractivity contribution >= 4 is 0 Å². The zero-order chi connectivity index (χ0) is 15.1. The fourth-order valence-corrected chi connectivity index (χ4v) is 3.12. The summed E-state index contributed by atoms with van der Waals surface area (Å²) in [5.74, 6) is 1.87. The Bertz CT molecular complexity index is 415. The molecule has 1 aliphatic rings. The highest BCUT2D eigenvalue weighted by atomic mass is 16.5. The van der Waals surface area contributed by atoms with Gasteiger partial charge in [-0.25, -0.2) is 0 Å². The molecule has 2 rings (SSSR count). The summed E-state index contributed by atoms with van der Waals surface area (Å²) in [6, 6.07) is 8.90. The average Bonchev–Trinajstić information content (AvgIpc) is 2.54. The number of nitrogens with zero attached hydrogens (tertiary/aromatic N) is 1. The van der Waals surface area contributed by atoms with Gasteiger partial charge in [-0.15, -0.1) is 0 Å². The normalized spacial score (nSPS) is 20.5. The van der Waals surface area contributed by atoms with E-state index in [1.165, 1.54) is 44.5 Å². The highest BCUT2D eigenvalue weighted by molar-refractivity contribution is 5.33. The third-order valence-electron chi connectivity index (χ3n) is 4.75. The molecule has 118 valence electrons. The summed E-state index contributed by atoms with van der Waals surface area (Å²) in [4.78, 5) is 2.49. The Kier molecular flexibility index (Phi) is 6.52. The Morgan fingerprint density at radius 1 is 1.38 bits per heavy atom. The van der Waals surface area contributed by atoms with E-state index in [4.69, 9.17) is 4.74 Å². The van der Waals surface area contributed by atoms with Gasteiger partial charge in [0, 0.05) is 6.04 Å². The minimum absolute atomic E-state index is 0.540. The summed E-state index contributed by atoms with van der Waals surface area (Å²) in [5.41, 5.74) is 1.30. The smallest absolute Gasteiger partial charge is 0.122 e. The van der Waals surface area contributed by atoms with E-state index >= 15 is 0 Å². The van der Waals surface area contributed by atoms with E-state index in [1.807, 2.05) is 6.07 Å². The molecule has 1 aliphatic heterocycles. The van der Waals surface area contributed by atoms with Gasteiger partial charge in [-0.3, -0.25) is 0 Å². The summed E-state index contributed by atoms with van der Waals surface area (Å²) < 4.78 is 5.45. The SMILES string of the molecule is COc1ccccc1CC(C)N(C)CCC1CCCNC1. The maximum absolute atomic E-state index is 5.45. The van der Waals surface area contributed by atoms with Gasteiger partial charge in [0.15, 0.2) is 0 Å². The highest BCUT2D eigenvalue weighted by Gasteiger charge is 2.16. The molecule has 0 amide bonds. The molecule has 3 heteroatoms. The Balaban J connectivity index is 1.80. The minimum Gasteiger partial charge on any atom is -0.496 e. The number of likely N-dealkylation sites (N-methyl/N-ethyl adjacent to an activating group) is 1. The Morgan fingerprint density at radius 3 is 2.90 bits per heavy atom. The second-order valence-electron chi connectivity index (χ2n) is 6.35. The molecule has 1 aromatic rings. The van der Waals surface area contributed by atoms with E-state index in [2.05, 4.69) is 42.4 Å². The zero-order valence-electron chi connectivity index (χ0n) is 13.8. The number of hydrogen-bond donors (Lipinski definition) is 1. The van der Waals surface area contributed by atoms with Crippen LogP contribution in [0.4, 0.5) is 0 Å². The molecule has 1 aromatic carbocycles. The number of ether oxygens (including phenoxy) is 1. The van der Waals surface area contributed by atoms with E-state index in [0.717, 1.165) is 18.1 Å². The van der Waals surface area contributed by atoms with Gasteiger partial charge in [-0.05, 0) is 76.8 Å². The average molecular weight is 290 g/mol. The Morgan fingerprint density at radius 2 is 2.19 bits per heavy atom. The van der Waals surface area contributed by atoms with Crippen molar-refractivity contribution in [1.82, 2.24) is 10.2 Å². The lowest BCUT2D eigenvalue weighted by Crippen LogP contribution is -2.36. The quantitative estimate of drug-likeness (QED) is 0.835. The third-order valence-corrected chi connectivity index (χ3v) is 4.75. The first-order valence-electron chi connectivity index (χ1n) is 8.23. The lowest BCUT2D eigenvalue weighted by atomic mass is 9.95. The first-order valence-corrected chi connectivity index (χ1v) is 8.23. The molecule has 1 heterocycles. The second-order valence-corrected chi connectivity index (χ2v) is 6.35. The van der Waals surface area contributed by atoms with Crippen LogP contribution in [0.3, 0.4) is 0 Å². The molecule has 21 heavy (non-hydrogen) atoms. The van der Waals surface area contributed by atoms with Crippen LogP contribution in [0, 0.1) is 5.92 Å². The number of para-hydroxylation sites is 1. The van der Waals surface area contributed by atoms with Crippen LogP contribution in [0.25, 0.3) is 0 Å². The fourth-order valence-electron chi connectivity index (χ4n) is 3.12. The Hall–Kier alpha value is -1.06. The number of benzene rings is 1. The lowest BCUT2D eigenvalue weighted by Gasteiger charge is -2.29.